The molecule has 9 heteroatoms. The van der Waals surface area contributed by atoms with Crippen molar-refractivity contribution in [3.8, 4) is 0 Å². The highest BCUT2D eigenvalue weighted by Gasteiger charge is 2.34. The van der Waals surface area contributed by atoms with Gasteiger partial charge in [0, 0.05) is 6.54 Å². The molecule has 21 heavy (non-hydrogen) atoms. The van der Waals surface area contributed by atoms with Gasteiger partial charge in [0.1, 0.15) is 17.6 Å². The van der Waals surface area contributed by atoms with Gasteiger partial charge in [-0.25, -0.2) is 4.98 Å². The summed E-state index contributed by atoms with van der Waals surface area (Å²) in [5, 5.41) is 13.3. The maximum absolute atomic E-state index is 12.5. The number of halogens is 3. The number of ether oxygens (including phenoxy) is 1. The fourth-order valence-electron chi connectivity index (χ4n) is 1.39. The molecule has 0 bridgehead atoms. The average molecular weight is 305 g/mol. The van der Waals surface area contributed by atoms with Crippen molar-refractivity contribution in [3.05, 3.63) is 40.2 Å². The Bertz CT molecular complexity index is 532. The lowest BCUT2D eigenvalue weighted by atomic mass is 10.2. The molecule has 1 aromatic rings. The molecule has 116 valence electrons. The van der Waals surface area contributed by atoms with E-state index < -0.39 is 22.5 Å². The Labute approximate surface area is 118 Å². The topological polar surface area (TPSA) is 77.3 Å². The lowest BCUT2D eigenvalue weighted by Gasteiger charge is -2.10. The summed E-state index contributed by atoms with van der Waals surface area (Å²) >= 11 is 0. The van der Waals surface area contributed by atoms with Gasteiger partial charge in [0.2, 0.25) is 0 Å². The van der Waals surface area contributed by atoms with Crippen LogP contribution in [0.3, 0.4) is 0 Å². The van der Waals surface area contributed by atoms with Gasteiger partial charge in [-0.15, -0.1) is 0 Å². The maximum Gasteiger partial charge on any atom is 0.433 e. The Balaban J connectivity index is 2.77. The lowest BCUT2D eigenvalue weighted by Crippen LogP contribution is -2.14. The van der Waals surface area contributed by atoms with E-state index in [0.29, 0.717) is 18.9 Å². The van der Waals surface area contributed by atoms with Gasteiger partial charge in [-0.3, -0.25) is 10.1 Å². The van der Waals surface area contributed by atoms with Crippen LogP contribution in [0.25, 0.3) is 0 Å². The first kappa shape index (κ1) is 16.9. The molecule has 0 aromatic carbocycles. The first-order valence-electron chi connectivity index (χ1n) is 5.89. The van der Waals surface area contributed by atoms with Gasteiger partial charge < -0.3 is 10.1 Å². The minimum atomic E-state index is -4.66. The predicted molar refractivity (Wildman–Crippen MR) is 70.0 cm³/mol. The fraction of sp³-hybridized carbons (Fsp3) is 0.417. The fourth-order valence-corrected chi connectivity index (χ4v) is 1.39. The first-order valence-corrected chi connectivity index (χ1v) is 5.89. The second kappa shape index (κ2) is 7.02. The zero-order chi connectivity index (χ0) is 16.0. The third kappa shape index (κ3) is 5.38. The monoisotopic (exact) mass is 305 g/mol. The Hall–Kier alpha value is -2.16. The minimum Gasteiger partial charge on any atom is -0.377 e. The molecule has 1 rings (SSSR count). The number of alkyl halides is 3. The van der Waals surface area contributed by atoms with Gasteiger partial charge in [0.15, 0.2) is 0 Å². The predicted octanol–water partition coefficient (Wildman–Crippen LogP) is 3.01. The van der Waals surface area contributed by atoms with Crippen LogP contribution in [0.2, 0.25) is 0 Å². The Kier molecular flexibility index (Phi) is 5.65. The normalized spacial score (nSPS) is 11.2. The minimum absolute atomic E-state index is 0.120. The summed E-state index contributed by atoms with van der Waals surface area (Å²) in [5.74, 6) is 0. The van der Waals surface area contributed by atoms with Crippen LogP contribution in [-0.4, -0.2) is 29.7 Å². The van der Waals surface area contributed by atoms with E-state index in [1.54, 1.807) is 6.92 Å². The van der Waals surface area contributed by atoms with Crippen LogP contribution >= 0.6 is 0 Å². The molecule has 1 heterocycles. The number of nitrogens with one attached hydrogen (secondary N) is 1. The summed E-state index contributed by atoms with van der Waals surface area (Å²) in [7, 11) is 0. The second-order valence-corrected chi connectivity index (χ2v) is 4.28. The average Bonchev–Trinajstić information content (AvgIpc) is 2.36. The van der Waals surface area contributed by atoms with Crippen molar-refractivity contribution >= 4 is 11.4 Å². The number of anilines is 1. The number of aromatic nitrogens is 1. The number of pyridine rings is 1. The molecular weight excluding hydrogens is 291 g/mol. The molecule has 0 saturated carbocycles. The second-order valence-electron chi connectivity index (χ2n) is 4.28. The molecule has 0 fully saturated rings. The summed E-state index contributed by atoms with van der Waals surface area (Å²) in [5.41, 5.74) is -1.17. The van der Waals surface area contributed by atoms with E-state index in [-0.39, 0.29) is 18.8 Å². The molecule has 0 saturated heterocycles. The molecule has 1 aromatic heterocycles. The van der Waals surface area contributed by atoms with E-state index in [4.69, 9.17) is 4.74 Å². The van der Waals surface area contributed by atoms with Crippen molar-refractivity contribution in [3.63, 3.8) is 0 Å². The molecule has 0 unspecified atom stereocenters. The smallest absolute Gasteiger partial charge is 0.377 e. The summed E-state index contributed by atoms with van der Waals surface area (Å²) in [4.78, 5) is 13.0. The van der Waals surface area contributed by atoms with Crippen LogP contribution in [0.5, 0.6) is 0 Å². The molecule has 0 spiro atoms. The highest BCUT2D eigenvalue weighted by Crippen LogP contribution is 2.32. The Morgan fingerprint density at radius 1 is 1.57 bits per heavy atom. The van der Waals surface area contributed by atoms with E-state index in [1.807, 2.05) is 0 Å². The highest BCUT2D eigenvalue weighted by atomic mass is 19.4. The SMILES string of the molecule is C=C(C)COCCNc1cc(C(F)(F)F)ncc1[N+](=O)[O-]. The maximum atomic E-state index is 12.5. The van der Waals surface area contributed by atoms with Gasteiger partial charge >= 0.3 is 11.9 Å². The third-order valence-electron chi connectivity index (χ3n) is 2.28. The summed E-state index contributed by atoms with van der Waals surface area (Å²) in [6.07, 6.45) is -4.08. The molecule has 6 nitrogen and oxygen atoms in total. The molecule has 0 radical (unpaired) electrons. The zero-order valence-corrected chi connectivity index (χ0v) is 11.2. The van der Waals surface area contributed by atoms with E-state index in [1.165, 1.54) is 0 Å². The van der Waals surface area contributed by atoms with Crippen molar-refractivity contribution in [1.29, 1.82) is 0 Å². The Morgan fingerprint density at radius 3 is 2.76 bits per heavy atom. The summed E-state index contributed by atoms with van der Waals surface area (Å²) in [6.45, 7) is 5.99. The van der Waals surface area contributed by atoms with Gasteiger partial charge in [0.05, 0.1) is 18.1 Å². The molecule has 0 aliphatic heterocycles. The first-order chi connectivity index (χ1) is 9.71. The number of rotatable bonds is 7. The van der Waals surface area contributed by atoms with Crippen molar-refractivity contribution in [2.75, 3.05) is 25.1 Å². The van der Waals surface area contributed by atoms with E-state index in [9.17, 15) is 23.3 Å². The molecule has 0 atom stereocenters. The van der Waals surface area contributed by atoms with Gasteiger partial charge in [0.25, 0.3) is 0 Å². The van der Waals surface area contributed by atoms with Crippen molar-refractivity contribution < 1.29 is 22.8 Å². The summed E-state index contributed by atoms with van der Waals surface area (Å²) in [6, 6.07) is 0.608. The highest BCUT2D eigenvalue weighted by molar-refractivity contribution is 5.61. The number of hydrogen-bond donors (Lipinski definition) is 1. The summed E-state index contributed by atoms with van der Waals surface area (Å²) < 4.78 is 42.8. The standard InChI is InChI=1S/C12H14F3N3O3/c1-8(2)7-21-4-3-16-9-5-11(12(13,14)15)17-6-10(9)18(19)20/h5-6H,1,3-4,7H2,2H3,(H,16,17). The lowest BCUT2D eigenvalue weighted by molar-refractivity contribution is -0.384. The zero-order valence-electron chi connectivity index (χ0n) is 11.2. The van der Waals surface area contributed by atoms with Crippen LogP contribution in [0.15, 0.2) is 24.4 Å². The molecule has 0 aliphatic rings. The molecule has 0 amide bonds. The largest absolute Gasteiger partial charge is 0.433 e. The van der Waals surface area contributed by atoms with Crippen molar-refractivity contribution in [1.82, 2.24) is 4.98 Å². The van der Waals surface area contributed by atoms with E-state index >= 15 is 0 Å². The van der Waals surface area contributed by atoms with Gasteiger partial charge in [-0.05, 0) is 13.0 Å². The van der Waals surface area contributed by atoms with Crippen LogP contribution in [0, 0.1) is 10.1 Å². The Morgan fingerprint density at radius 2 is 2.24 bits per heavy atom. The quantitative estimate of drug-likeness (QED) is 0.362. The number of nitro groups is 1. The molecular formula is C12H14F3N3O3. The van der Waals surface area contributed by atoms with Crippen LogP contribution in [-0.2, 0) is 10.9 Å². The van der Waals surface area contributed by atoms with Crippen LogP contribution in [0.1, 0.15) is 12.6 Å². The van der Waals surface area contributed by atoms with Crippen LogP contribution < -0.4 is 5.32 Å². The van der Waals surface area contributed by atoms with Crippen molar-refractivity contribution in [2.45, 2.75) is 13.1 Å². The van der Waals surface area contributed by atoms with E-state index in [2.05, 4.69) is 16.9 Å². The van der Waals surface area contributed by atoms with Gasteiger partial charge in [-0.2, -0.15) is 13.2 Å². The van der Waals surface area contributed by atoms with Crippen LogP contribution in [0.4, 0.5) is 24.5 Å². The van der Waals surface area contributed by atoms with E-state index in [0.717, 1.165) is 5.57 Å². The number of hydrogen-bond acceptors (Lipinski definition) is 5. The number of nitrogens with zero attached hydrogens (tertiary/aromatic N) is 2. The van der Waals surface area contributed by atoms with Crippen molar-refractivity contribution in [2.24, 2.45) is 0 Å². The molecule has 1 N–H and O–H groups in total. The molecule has 0 aliphatic carbocycles. The third-order valence-corrected chi connectivity index (χ3v) is 2.28. The van der Waals surface area contributed by atoms with Gasteiger partial charge in [-0.1, -0.05) is 12.2 Å².